The standard InChI is InChI=1S/C10H9F3N4O2S/c1-4-8(20-5(2)14-4)7-6(9(18)19)15-16-17(7)3-10(11,12)13/h3H2,1-2H3,(H,18,19). The quantitative estimate of drug-likeness (QED) is 0.941. The summed E-state index contributed by atoms with van der Waals surface area (Å²) in [5, 5.41) is 16.3. The molecule has 108 valence electrons. The Labute approximate surface area is 114 Å². The maximum atomic E-state index is 12.5. The normalized spacial score (nSPS) is 11.8. The van der Waals surface area contributed by atoms with Crippen LogP contribution in [-0.2, 0) is 6.54 Å². The Morgan fingerprint density at radius 3 is 2.50 bits per heavy atom. The number of nitrogens with zero attached hydrogens (tertiary/aromatic N) is 4. The highest BCUT2D eigenvalue weighted by Crippen LogP contribution is 2.32. The Bertz CT molecular complexity index is 662. The molecular formula is C10H9F3N4O2S. The third-order valence-corrected chi connectivity index (χ3v) is 3.46. The van der Waals surface area contributed by atoms with Crippen LogP contribution in [0.25, 0.3) is 10.6 Å². The number of alkyl halides is 3. The van der Waals surface area contributed by atoms with Crippen LogP contribution in [0.1, 0.15) is 21.2 Å². The van der Waals surface area contributed by atoms with Gasteiger partial charge in [-0.2, -0.15) is 13.2 Å². The molecule has 0 radical (unpaired) electrons. The summed E-state index contributed by atoms with van der Waals surface area (Å²) in [6, 6.07) is 0. The van der Waals surface area contributed by atoms with E-state index in [4.69, 9.17) is 5.11 Å². The molecule has 0 aliphatic heterocycles. The zero-order valence-corrected chi connectivity index (χ0v) is 11.2. The van der Waals surface area contributed by atoms with Crippen molar-refractivity contribution in [2.75, 3.05) is 0 Å². The summed E-state index contributed by atoms with van der Waals surface area (Å²) in [6.45, 7) is 1.87. The molecule has 20 heavy (non-hydrogen) atoms. The number of halogens is 3. The number of hydrogen-bond acceptors (Lipinski definition) is 5. The van der Waals surface area contributed by atoms with Crippen molar-refractivity contribution < 1.29 is 23.1 Å². The van der Waals surface area contributed by atoms with Gasteiger partial charge >= 0.3 is 12.1 Å². The van der Waals surface area contributed by atoms with Crippen LogP contribution in [0, 0.1) is 13.8 Å². The number of aryl methyl sites for hydroxylation is 2. The monoisotopic (exact) mass is 306 g/mol. The van der Waals surface area contributed by atoms with Gasteiger partial charge in [0.15, 0.2) is 5.69 Å². The van der Waals surface area contributed by atoms with E-state index >= 15 is 0 Å². The second kappa shape index (κ2) is 4.85. The minimum absolute atomic E-state index is 0.169. The molecule has 0 fully saturated rings. The Balaban J connectivity index is 2.61. The summed E-state index contributed by atoms with van der Waals surface area (Å²) >= 11 is 1.10. The van der Waals surface area contributed by atoms with Gasteiger partial charge in [0, 0.05) is 0 Å². The Morgan fingerprint density at radius 2 is 2.05 bits per heavy atom. The maximum Gasteiger partial charge on any atom is 0.408 e. The molecule has 0 bridgehead atoms. The van der Waals surface area contributed by atoms with E-state index in [0.717, 1.165) is 11.3 Å². The number of hydrogen-bond donors (Lipinski definition) is 1. The average molecular weight is 306 g/mol. The molecule has 1 N–H and O–H groups in total. The van der Waals surface area contributed by atoms with Gasteiger partial charge in [0.2, 0.25) is 0 Å². The van der Waals surface area contributed by atoms with E-state index in [1.54, 1.807) is 13.8 Å². The lowest BCUT2D eigenvalue weighted by Gasteiger charge is -2.08. The summed E-state index contributed by atoms with van der Waals surface area (Å²) in [5.41, 5.74) is -0.236. The number of carboxylic acids is 1. The number of carboxylic acid groups (broad SMARTS) is 1. The minimum Gasteiger partial charge on any atom is -0.476 e. The third kappa shape index (κ3) is 2.79. The summed E-state index contributed by atoms with van der Waals surface area (Å²) in [5.74, 6) is -1.43. The molecule has 2 rings (SSSR count). The van der Waals surface area contributed by atoms with Crippen molar-refractivity contribution in [3.8, 4) is 10.6 Å². The molecule has 0 saturated carbocycles. The van der Waals surface area contributed by atoms with Gasteiger partial charge < -0.3 is 5.11 Å². The first kappa shape index (κ1) is 14.4. The highest BCUT2D eigenvalue weighted by atomic mass is 32.1. The van der Waals surface area contributed by atoms with Crippen molar-refractivity contribution in [2.24, 2.45) is 0 Å². The van der Waals surface area contributed by atoms with Crippen molar-refractivity contribution in [1.82, 2.24) is 20.0 Å². The number of thiazole rings is 1. The predicted molar refractivity (Wildman–Crippen MR) is 63.6 cm³/mol. The number of carbonyl (C=O) groups is 1. The van der Waals surface area contributed by atoms with Crippen LogP contribution in [0.2, 0.25) is 0 Å². The molecule has 6 nitrogen and oxygen atoms in total. The topological polar surface area (TPSA) is 80.9 Å². The molecule has 2 heterocycles. The number of rotatable bonds is 3. The van der Waals surface area contributed by atoms with Crippen molar-refractivity contribution in [1.29, 1.82) is 0 Å². The molecule has 0 spiro atoms. The van der Waals surface area contributed by atoms with Gasteiger partial charge in [-0.25, -0.2) is 14.5 Å². The van der Waals surface area contributed by atoms with Gasteiger partial charge in [-0.3, -0.25) is 0 Å². The minimum atomic E-state index is -4.52. The van der Waals surface area contributed by atoms with Crippen LogP contribution in [0.15, 0.2) is 0 Å². The SMILES string of the molecule is Cc1nc(C)c(-c2c(C(=O)O)nnn2CC(F)(F)F)s1. The lowest BCUT2D eigenvalue weighted by Crippen LogP contribution is -2.19. The first-order valence-corrected chi connectivity index (χ1v) is 6.18. The highest BCUT2D eigenvalue weighted by molar-refractivity contribution is 7.15. The molecule has 0 unspecified atom stereocenters. The highest BCUT2D eigenvalue weighted by Gasteiger charge is 2.33. The van der Waals surface area contributed by atoms with Crippen molar-refractivity contribution in [3.05, 3.63) is 16.4 Å². The Hall–Kier alpha value is -1.97. The molecule has 0 amide bonds. The van der Waals surface area contributed by atoms with Gasteiger partial charge in [0.1, 0.15) is 12.2 Å². The molecular weight excluding hydrogens is 297 g/mol. The zero-order chi connectivity index (χ0) is 15.1. The lowest BCUT2D eigenvalue weighted by molar-refractivity contribution is -0.142. The van der Waals surface area contributed by atoms with E-state index in [0.29, 0.717) is 20.3 Å². The first-order chi connectivity index (χ1) is 9.19. The van der Waals surface area contributed by atoms with Crippen LogP contribution >= 0.6 is 11.3 Å². The van der Waals surface area contributed by atoms with Crippen LogP contribution in [-0.4, -0.2) is 37.2 Å². The van der Waals surface area contributed by atoms with E-state index in [2.05, 4.69) is 15.3 Å². The fraction of sp³-hybridized carbons (Fsp3) is 0.400. The summed E-state index contributed by atoms with van der Waals surface area (Å²) in [4.78, 5) is 15.5. The number of aromatic nitrogens is 4. The van der Waals surface area contributed by atoms with Crippen LogP contribution < -0.4 is 0 Å². The third-order valence-electron chi connectivity index (χ3n) is 2.39. The van der Waals surface area contributed by atoms with Crippen LogP contribution in [0.3, 0.4) is 0 Å². The summed E-state index contributed by atoms with van der Waals surface area (Å²) in [6.07, 6.45) is -4.52. The Morgan fingerprint density at radius 1 is 1.40 bits per heavy atom. The fourth-order valence-corrected chi connectivity index (χ4v) is 2.68. The summed E-state index contributed by atoms with van der Waals surface area (Å²) in [7, 11) is 0. The van der Waals surface area contributed by atoms with Gasteiger partial charge in [0.05, 0.1) is 15.6 Å². The maximum absolute atomic E-state index is 12.5. The summed E-state index contributed by atoms with van der Waals surface area (Å²) < 4.78 is 38.1. The Kier molecular flexibility index (Phi) is 3.50. The van der Waals surface area contributed by atoms with Gasteiger partial charge in [-0.15, -0.1) is 16.4 Å². The molecule has 10 heteroatoms. The second-order valence-corrected chi connectivity index (χ2v) is 5.22. The molecule has 0 aliphatic rings. The van der Waals surface area contributed by atoms with Gasteiger partial charge in [-0.1, -0.05) is 5.21 Å². The van der Waals surface area contributed by atoms with Crippen LogP contribution in [0.4, 0.5) is 13.2 Å². The molecule has 0 saturated heterocycles. The van der Waals surface area contributed by atoms with Gasteiger partial charge in [0.25, 0.3) is 0 Å². The van der Waals surface area contributed by atoms with E-state index in [-0.39, 0.29) is 5.69 Å². The van der Waals surface area contributed by atoms with Crippen molar-refractivity contribution in [2.45, 2.75) is 26.6 Å². The molecule has 0 atom stereocenters. The molecule has 2 aromatic rings. The number of aromatic carboxylic acids is 1. The lowest BCUT2D eigenvalue weighted by atomic mass is 10.2. The first-order valence-electron chi connectivity index (χ1n) is 5.37. The van der Waals surface area contributed by atoms with Crippen molar-refractivity contribution in [3.63, 3.8) is 0 Å². The largest absolute Gasteiger partial charge is 0.476 e. The van der Waals surface area contributed by atoms with Crippen LogP contribution in [0.5, 0.6) is 0 Å². The molecule has 0 aliphatic carbocycles. The molecule has 0 aromatic carbocycles. The average Bonchev–Trinajstić information content (AvgIpc) is 2.79. The van der Waals surface area contributed by atoms with Crippen molar-refractivity contribution >= 4 is 17.3 Å². The van der Waals surface area contributed by atoms with E-state index in [1.165, 1.54) is 0 Å². The second-order valence-electron chi connectivity index (χ2n) is 4.01. The van der Waals surface area contributed by atoms with E-state index < -0.39 is 24.4 Å². The van der Waals surface area contributed by atoms with Gasteiger partial charge in [-0.05, 0) is 13.8 Å². The predicted octanol–water partition coefficient (Wildman–Crippen LogP) is 2.28. The zero-order valence-electron chi connectivity index (χ0n) is 10.4. The fourth-order valence-electron chi connectivity index (χ4n) is 1.71. The smallest absolute Gasteiger partial charge is 0.408 e. The van der Waals surface area contributed by atoms with E-state index in [9.17, 15) is 18.0 Å². The molecule has 2 aromatic heterocycles. The van der Waals surface area contributed by atoms with E-state index in [1.807, 2.05) is 0 Å².